The molecule has 0 amide bonds. The number of aliphatic imine (C=N–C) groups is 1. The Morgan fingerprint density at radius 2 is 2.04 bits per heavy atom. The van der Waals surface area contributed by atoms with Gasteiger partial charge in [0.15, 0.2) is 5.96 Å². The molecule has 0 aromatic heterocycles. The summed E-state index contributed by atoms with van der Waals surface area (Å²) >= 11 is 0. The molecule has 2 aliphatic rings. The van der Waals surface area contributed by atoms with Crippen LogP contribution in [0, 0.1) is 5.92 Å². The molecule has 0 aliphatic carbocycles. The van der Waals surface area contributed by atoms with E-state index >= 15 is 0 Å². The van der Waals surface area contributed by atoms with E-state index in [0.29, 0.717) is 6.04 Å². The van der Waals surface area contributed by atoms with Crippen LogP contribution in [0.3, 0.4) is 0 Å². The Bertz CT molecular complexity index is 376. The molecule has 0 bridgehead atoms. The van der Waals surface area contributed by atoms with Crippen LogP contribution in [0.1, 0.15) is 39.0 Å². The van der Waals surface area contributed by atoms with Crippen molar-refractivity contribution in [3.63, 3.8) is 0 Å². The minimum Gasteiger partial charge on any atom is -0.381 e. The molecular formula is C19H39N5O. The Morgan fingerprint density at radius 1 is 1.24 bits per heavy atom. The maximum Gasteiger partial charge on any atom is 0.191 e. The molecule has 2 aliphatic heterocycles. The molecule has 2 rings (SSSR count). The van der Waals surface area contributed by atoms with Crippen LogP contribution in [-0.4, -0.2) is 88.4 Å². The summed E-state index contributed by atoms with van der Waals surface area (Å²) in [5, 5.41) is 7.07. The fourth-order valence-corrected chi connectivity index (χ4v) is 3.65. The van der Waals surface area contributed by atoms with E-state index in [1.165, 1.54) is 58.3 Å². The van der Waals surface area contributed by atoms with Crippen LogP contribution in [0.25, 0.3) is 0 Å². The van der Waals surface area contributed by atoms with Gasteiger partial charge < -0.3 is 25.2 Å². The summed E-state index contributed by atoms with van der Waals surface area (Å²) in [7, 11) is 4.06. The first-order valence-corrected chi connectivity index (χ1v) is 10.2. The highest BCUT2D eigenvalue weighted by atomic mass is 16.5. The summed E-state index contributed by atoms with van der Waals surface area (Å²) in [5.74, 6) is 1.70. The highest BCUT2D eigenvalue weighted by Crippen LogP contribution is 2.17. The molecule has 2 saturated heterocycles. The van der Waals surface area contributed by atoms with Crippen molar-refractivity contribution in [3.8, 4) is 0 Å². The van der Waals surface area contributed by atoms with E-state index in [2.05, 4.69) is 39.4 Å². The van der Waals surface area contributed by atoms with E-state index in [1.54, 1.807) is 0 Å². The fraction of sp³-hybridized carbons (Fsp3) is 0.947. The number of likely N-dealkylation sites (N-methyl/N-ethyl adjacent to an activating group) is 1. The van der Waals surface area contributed by atoms with Crippen LogP contribution < -0.4 is 10.6 Å². The largest absolute Gasteiger partial charge is 0.381 e. The normalized spacial score (nSPS) is 23.4. The Balaban J connectivity index is 1.58. The van der Waals surface area contributed by atoms with Crippen molar-refractivity contribution >= 4 is 5.96 Å². The molecule has 6 heteroatoms. The van der Waals surface area contributed by atoms with Crippen molar-refractivity contribution < 1.29 is 4.74 Å². The summed E-state index contributed by atoms with van der Waals surface area (Å²) in [6, 6.07) is 0.542. The Labute approximate surface area is 154 Å². The lowest BCUT2D eigenvalue weighted by Crippen LogP contribution is -2.50. The number of likely N-dealkylation sites (tertiary alicyclic amines) is 1. The second-order valence-electron chi connectivity index (χ2n) is 7.60. The Kier molecular flexibility index (Phi) is 9.58. The second-order valence-corrected chi connectivity index (χ2v) is 7.60. The van der Waals surface area contributed by atoms with Gasteiger partial charge in [-0.05, 0) is 45.2 Å². The molecule has 2 heterocycles. The molecule has 25 heavy (non-hydrogen) atoms. The number of nitrogens with zero attached hydrogens (tertiary/aromatic N) is 3. The van der Waals surface area contributed by atoms with Gasteiger partial charge in [-0.15, -0.1) is 0 Å². The molecule has 0 saturated carbocycles. The smallest absolute Gasteiger partial charge is 0.191 e. The molecule has 1 atom stereocenters. The highest BCUT2D eigenvalue weighted by Gasteiger charge is 2.24. The van der Waals surface area contributed by atoms with E-state index in [4.69, 9.17) is 4.74 Å². The first-order valence-electron chi connectivity index (χ1n) is 10.2. The third-order valence-corrected chi connectivity index (χ3v) is 5.37. The van der Waals surface area contributed by atoms with Gasteiger partial charge in [0.1, 0.15) is 0 Å². The lowest BCUT2D eigenvalue weighted by Gasteiger charge is -2.34. The molecule has 0 aromatic carbocycles. The first-order chi connectivity index (χ1) is 12.2. The molecule has 2 N–H and O–H groups in total. The van der Waals surface area contributed by atoms with Gasteiger partial charge in [0, 0.05) is 52.4 Å². The summed E-state index contributed by atoms with van der Waals surface area (Å²) in [5.41, 5.74) is 0. The Morgan fingerprint density at radius 3 is 2.68 bits per heavy atom. The number of guanidine groups is 1. The lowest BCUT2D eigenvalue weighted by atomic mass is 10.0. The third kappa shape index (κ3) is 7.92. The van der Waals surface area contributed by atoms with E-state index in [1.807, 2.05) is 7.05 Å². The average Bonchev–Trinajstić information content (AvgIpc) is 3.13. The number of nitrogens with one attached hydrogen (secondary N) is 2. The van der Waals surface area contributed by atoms with Crippen molar-refractivity contribution in [1.82, 2.24) is 20.4 Å². The standard InChI is InChI=1S/C19H39N5O/c1-4-5-10-23(3)13-9-21-19(20-2)22-18-6-11-24(12-7-18)15-17-8-14-25-16-17/h17-18H,4-16H2,1-3H3,(H2,20,21,22). The van der Waals surface area contributed by atoms with Crippen LogP contribution in [0.4, 0.5) is 0 Å². The maximum atomic E-state index is 5.50. The minimum atomic E-state index is 0.542. The van der Waals surface area contributed by atoms with Gasteiger partial charge in [0.05, 0.1) is 6.61 Å². The number of ether oxygens (including phenoxy) is 1. The number of piperidine rings is 1. The third-order valence-electron chi connectivity index (χ3n) is 5.37. The van der Waals surface area contributed by atoms with Gasteiger partial charge in [-0.25, -0.2) is 0 Å². The van der Waals surface area contributed by atoms with Crippen molar-refractivity contribution in [2.24, 2.45) is 10.9 Å². The van der Waals surface area contributed by atoms with E-state index in [-0.39, 0.29) is 0 Å². The number of rotatable bonds is 9. The van der Waals surface area contributed by atoms with E-state index < -0.39 is 0 Å². The summed E-state index contributed by atoms with van der Waals surface area (Å²) in [6.45, 7) is 10.9. The van der Waals surface area contributed by atoms with Crippen LogP contribution in [0.5, 0.6) is 0 Å². The highest BCUT2D eigenvalue weighted by molar-refractivity contribution is 5.79. The molecule has 2 fully saturated rings. The van der Waals surface area contributed by atoms with Crippen molar-refractivity contribution in [2.45, 2.75) is 45.1 Å². The summed E-state index contributed by atoms with van der Waals surface area (Å²) in [4.78, 5) is 9.38. The van der Waals surface area contributed by atoms with Crippen molar-refractivity contribution in [3.05, 3.63) is 0 Å². The van der Waals surface area contributed by atoms with Crippen LogP contribution in [0.2, 0.25) is 0 Å². The number of hydrogen-bond donors (Lipinski definition) is 2. The van der Waals surface area contributed by atoms with Gasteiger partial charge in [-0.1, -0.05) is 13.3 Å². The number of unbranched alkanes of at least 4 members (excludes halogenated alkanes) is 1. The molecule has 0 aromatic rings. The van der Waals surface area contributed by atoms with Gasteiger partial charge in [-0.3, -0.25) is 4.99 Å². The zero-order valence-corrected chi connectivity index (χ0v) is 16.6. The van der Waals surface area contributed by atoms with Crippen LogP contribution in [0.15, 0.2) is 4.99 Å². The van der Waals surface area contributed by atoms with Gasteiger partial charge in [0.2, 0.25) is 0 Å². The topological polar surface area (TPSA) is 52.1 Å². The number of hydrogen-bond acceptors (Lipinski definition) is 4. The average molecular weight is 354 g/mol. The lowest BCUT2D eigenvalue weighted by molar-refractivity contribution is 0.150. The van der Waals surface area contributed by atoms with Gasteiger partial charge in [-0.2, -0.15) is 0 Å². The Hall–Kier alpha value is -0.850. The molecule has 0 spiro atoms. The molecule has 6 nitrogen and oxygen atoms in total. The fourth-order valence-electron chi connectivity index (χ4n) is 3.65. The predicted octanol–water partition coefficient (Wildman–Crippen LogP) is 1.38. The molecule has 0 radical (unpaired) electrons. The van der Waals surface area contributed by atoms with Crippen LogP contribution >= 0.6 is 0 Å². The zero-order chi connectivity index (χ0) is 17.9. The summed E-state index contributed by atoms with van der Waals surface area (Å²) in [6.07, 6.45) is 6.17. The molecular weight excluding hydrogens is 314 g/mol. The van der Waals surface area contributed by atoms with E-state index in [9.17, 15) is 0 Å². The predicted molar refractivity (Wildman–Crippen MR) is 105 cm³/mol. The minimum absolute atomic E-state index is 0.542. The van der Waals surface area contributed by atoms with Gasteiger partial charge >= 0.3 is 0 Å². The molecule has 1 unspecified atom stereocenters. The van der Waals surface area contributed by atoms with Gasteiger partial charge in [0.25, 0.3) is 0 Å². The quantitative estimate of drug-likeness (QED) is 0.485. The van der Waals surface area contributed by atoms with Crippen molar-refractivity contribution in [1.29, 1.82) is 0 Å². The molecule has 146 valence electrons. The maximum absolute atomic E-state index is 5.50. The van der Waals surface area contributed by atoms with Crippen LogP contribution in [-0.2, 0) is 4.74 Å². The van der Waals surface area contributed by atoms with E-state index in [0.717, 1.165) is 38.2 Å². The zero-order valence-electron chi connectivity index (χ0n) is 16.6. The SMILES string of the molecule is CCCCN(C)CCNC(=NC)NC1CCN(CC2CCOC2)CC1. The second kappa shape index (κ2) is 11.7. The monoisotopic (exact) mass is 353 g/mol. The first kappa shape index (κ1) is 20.5. The summed E-state index contributed by atoms with van der Waals surface area (Å²) < 4.78 is 5.50. The van der Waals surface area contributed by atoms with Crippen molar-refractivity contribution in [2.75, 3.05) is 66.6 Å².